The molecule has 6 heteroatoms. The first kappa shape index (κ1) is 8.93. The lowest BCUT2D eigenvalue weighted by Crippen LogP contribution is -2.38. The smallest absolute Gasteiger partial charge is 0.397 e. The minimum Gasteiger partial charge on any atom is -0.424 e. The van der Waals surface area contributed by atoms with Gasteiger partial charge in [0.25, 0.3) is 0 Å². The van der Waals surface area contributed by atoms with Crippen LogP contribution in [0.2, 0.25) is 0 Å². The Morgan fingerprint density at radius 3 is 2.54 bits per heavy atom. The minimum absolute atomic E-state index is 0.0844. The van der Waals surface area contributed by atoms with Crippen LogP contribution in [0.15, 0.2) is 15.8 Å². The molecular formula is C7H6N2O4. The van der Waals surface area contributed by atoms with Crippen molar-refractivity contribution in [2.45, 2.75) is 6.92 Å². The molecule has 0 aliphatic rings. The van der Waals surface area contributed by atoms with Crippen LogP contribution in [0, 0.1) is 11.8 Å². The first-order valence-electron chi connectivity index (χ1n) is 3.28. The van der Waals surface area contributed by atoms with Gasteiger partial charge in [0, 0.05) is 0 Å². The number of rotatable bonds is 0. The number of nitrogens with zero attached hydrogens (tertiary/aromatic N) is 2. The number of aromatic nitrogens is 2. The highest BCUT2D eigenvalue weighted by molar-refractivity contribution is 5.28. The summed E-state index contributed by atoms with van der Waals surface area (Å²) in [7, 11) is 0. The molecule has 0 fully saturated rings. The van der Waals surface area contributed by atoms with Crippen molar-refractivity contribution >= 4 is 0 Å². The van der Waals surface area contributed by atoms with Crippen LogP contribution in [0.1, 0.15) is 12.5 Å². The van der Waals surface area contributed by atoms with Gasteiger partial charge in [0.2, 0.25) is 0 Å². The molecule has 2 N–H and O–H groups in total. The second-order valence-corrected chi connectivity index (χ2v) is 2.16. The zero-order valence-electron chi connectivity index (χ0n) is 6.68. The second-order valence-electron chi connectivity index (χ2n) is 2.16. The predicted molar refractivity (Wildman–Crippen MR) is 41.9 cm³/mol. The molecule has 13 heavy (non-hydrogen) atoms. The van der Waals surface area contributed by atoms with Crippen LogP contribution < -0.4 is 11.2 Å². The lowest BCUT2D eigenvalue weighted by atomic mass is 10.3. The molecule has 0 radical (unpaired) electrons. The van der Waals surface area contributed by atoms with Gasteiger partial charge in [-0.15, -0.1) is 10.7 Å². The quantitative estimate of drug-likeness (QED) is 0.392. The molecule has 6 nitrogen and oxygen atoms in total. The van der Waals surface area contributed by atoms with Crippen molar-refractivity contribution in [3.8, 4) is 11.8 Å². The summed E-state index contributed by atoms with van der Waals surface area (Å²) in [6.07, 6.45) is 0.841. The van der Waals surface area contributed by atoms with Gasteiger partial charge in [-0.1, -0.05) is 10.7 Å². The van der Waals surface area contributed by atoms with E-state index in [1.165, 1.54) is 6.92 Å². The van der Waals surface area contributed by atoms with Crippen molar-refractivity contribution in [1.29, 1.82) is 0 Å². The van der Waals surface area contributed by atoms with Gasteiger partial charge in [-0.25, -0.2) is 4.79 Å². The van der Waals surface area contributed by atoms with Crippen molar-refractivity contribution in [2.75, 3.05) is 0 Å². The lowest BCUT2D eigenvalue weighted by Gasteiger charge is -1.98. The summed E-state index contributed by atoms with van der Waals surface area (Å²) in [5, 5.41) is 17.7. The number of hydrogen-bond donors (Lipinski definition) is 2. The molecule has 1 rings (SSSR count). The Labute approximate surface area is 72.2 Å². The zero-order chi connectivity index (χ0) is 10.0. The van der Waals surface area contributed by atoms with Crippen molar-refractivity contribution in [3.05, 3.63) is 32.6 Å². The van der Waals surface area contributed by atoms with Crippen LogP contribution in [-0.4, -0.2) is 19.9 Å². The molecule has 1 heterocycles. The maximum absolute atomic E-state index is 11.0. The first-order valence-corrected chi connectivity index (χ1v) is 3.28. The third kappa shape index (κ3) is 1.39. The SMILES string of the molecule is CC#Cc1cn(O)c(=O)n(O)c1=O. The average Bonchev–Trinajstić information content (AvgIpc) is 2.11. The second kappa shape index (κ2) is 3.06. The fourth-order valence-electron chi connectivity index (χ4n) is 0.751. The van der Waals surface area contributed by atoms with E-state index in [2.05, 4.69) is 11.8 Å². The van der Waals surface area contributed by atoms with Crippen LogP contribution in [0.3, 0.4) is 0 Å². The van der Waals surface area contributed by atoms with Gasteiger partial charge in [-0.3, -0.25) is 4.79 Å². The summed E-state index contributed by atoms with van der Waals surface area (Å²) >= 11 is 0. The molecule has 0 amide bonds. The van der Waals surface area contributed by atoms with Gasteiger partial charge >= 0.3 is 11.2 Å². The Kier molecular flexibility index (Phi) is 2.11. The van der Waals surface area contributed by atoms with Crippen molar-refractivity contribution < 1.29 is 10.4 Å². The van der Waals surface area contributed by atoms with E-state index in [0.29, 0.717) is 0 Å². The van der Waals surface area contributed by atoms with E-state index >= 15 is 0 Å². The molecule has 0 spiro atoms. The molecule has 0 aromatic carbocycles. The molecule has 0 bridgehead atoms. The third-order valence-corrected chi connectivity index (χ3v) is 1.31. The van der Waals surface area contributed by atoms with E-state index in [-0.39, 0.29) is 15.0 Å². The maximum atomic E-state index is 11.0. The van der Waals surface area contributed by atoms with E-state index in [1.54, 1.807) is 0 Å². The monoisotopic (exact) mass is 182 g/mol. The molecule has 1 aromatic rings. The Morgan fingerprint density at radius 1 is 1.38 bits per heavy atom. The highest BCUT2D eigenvalue weighted by atomic mass is 16.5. The summed E-state index contributed by atoms with van der Waals surface area (Å²) < 4.78 is -0.124. The summed E-state index contributed by atoms with van der Waals surface area (Å²) in [6.45, 7) is 1.48. The Balaban J connectivity index is 3.67. The molecule has 0 unspecified atom stereocenters. The van der Waals surface area contributed by atoms with Crippen LogP contribution in [0.5, 0.6) is 0 Å². The predicted octanol–water partition coefficient (Wildman–Crippen LogP) is -1.14. The zero-order valence-corrected chi connectivity index (χ0v) is 6.68. The number of hydrogen-bond acceptors (Lipinski definition) is 4. The summed E-state index contributed by atoms with van der Waals surface area (Å²) in [5.41, 5.74) is -2.34. The third-order valence-electron chi connectivity index (χ3n) is 1.31. The van der Waals surface area contributed by atoms with Gasteiger partial charge in [-0.05, 0) is 6.92 Å². The fourth-order valence-corrected chi connectivity index (χ4v) is 0.751. The Bertz CT molecular complexity index is 500. The van der Waals surface area contributed by atoms with E-state index in [4.69, 9.17) is 10.4 Å². The van der Waals surface area contributed by atoms with Crippen molar-refractivity contribution in [2.24, 2.45) is 0 Å². The summed E-state index contributed by atoms with van der Waals surface area (Å²) in [5.74, 6) is 4.72. The lowest BCUT2D eigenvalue weighted by molar-refractivity contribution is 0.101. The molecule has 0 aliphatic heterocycles. The van der Waals surface area contributed by atoms with Crippen LogP contribution in [0.25, 0.3) is 0 Å². The first-order chi connectivity index (χ1) is 6.07. The fraction of sp³-hybridized carbons (Fsp3) is 0.143. The van der Waals surface area contributed by atoms with Gasteiger partial charge in [0.05, 0.1) is 6.20 Å². The van der Waals surface area contributed by atoms with E-state index in [9.17, 15) is 9.59 Å². The highest BCUT2D eigenvalue weighted by Crippen LogP contribution is 1.82. The largest absolute Gasteiger partial charge is 0.424 e. The van der Waals surface area contributed by atoms with E-state index in [0.717, 1.165) is 6.20 Å². The van der Waals surface area contributed by atoms with Crippen molar-refractivity contribution in [1.82, 2.24) is 9.46 Å². The molecule has 0 saturated heterocycles. The van der Waals surface area contributed by atoms with Gasteiger partial charge in [0.1, 0.15) is 5.56 Å². The molecular weight excluding hydrogens is 176 g/mol. The minimum atomic E-state index is -1.23. The molecule has 0 saturated carbocycles. The van der Waals surface area contributed by atoms with Gasteiger partial charge in [-0.2, -0.15) is 0 Å². The molecule has 1 aromatic heterocycles. The van der Waals surface area contributed by atoms with E-state index < -0.39 is 11.2 Å². The highest BCUT2D eigenvalue weighted by Gasteiger charge is 2.07. The normalized spacial score (nSPS) is 9.00. The molecule has 0 atom stereocenters. The van der Waals surface area contributed by atoms with Gasteiger partial charge in [0.15, 0.2) is 0 Å². The standard InChI is InChI=1S/C7H6N2O4/c1-2-3-5-4-8(12)7(11)9(13)6(5)10/h4,12-13H,1H3. The summed E-state index contributed by atoms with van der Waals surface area (Å²) in [4.78, 5) is 21.7. The maximum Gasteiger partial charge on any atom is 0.397 e. The topological polar surface area (TPSA) is 84.5 Å². The van der Waals surface area contributed by atoms with Gasteiger partial charge < -0.3 is 10.4 Å². The molecule has 68 valence electrons. The van der Waals surface area contributed by atoms with Crippen LogP contribution >= 0.6 is 0 Å². The Hall–Kier alpha value is -2.16. The van der Waals surface area contributed by atoms with Crippen LogP contribution in [-0.2, 0) is 0 Å². The average molecular weight is 182 g/mol. The van der Waals surface area contributed by atoms with Crippen LogP contribution in [0.4, 0.5) is 0 Å². The van der Waals surface area contributed by atoms with E-state index in [1.807, 2.05) is 0 Å². The summed E-state index contributed by atoms with van der Waals surface area (Å²) in [6, 6.07) is 0. The van der Waals surface area contributed by atoms with Crippen molar-refractivity contribution in [3.63, 3.8) is 0 Å². The Morgan fingerprint density at radius 2 is 2.00 bits per heavy atom. The molecule has 0 aliphatic carbocycles.